The number of halogens is 8. The van der Waals surface area contributed by atoms with Crippen LogP contribution in [0.5, 0.6) is 0 Å². The third-order valence-electron chi connectivity index (χ3n) is 1.19. The molecule has 0 nitrogen and oxygen atoms in total. The van der Waals surface area contributed by atoms with E-state index in [2.05, 4.69) is 0 Å². The van der Waals surface area contributed by atoms with Gasteiger partial charge in [0.2, 0.25) is 0 Å². The summed E-state index contributed by atoms with van der Waals surface area (Å²) in [7, 11) is -0.0475. The Bertz CT molecular complexity index is 282. The number of alkyl halides is 6. The van der Waals surface area contributed by atoms with Crippen LogP contribution < -0.4 is 0 Å². The van der Waals surface area contributed by atoms with Crippen molar-refractivity contribution < 1.29 is 35.1 Å². The molecule has 0 radical (unpaired) electrons. The van der Waals surface area contributed by atoms with Gasteiger partial charge in [-0.05, 0) is 33.7 Å². The topological polar surface area (TPSA) is 0 Å². The minimum atomic E-state index is -4.59. The van der Waals surface area contributed by atoms with Gasteiger partial charge in [-0.2, -0.15) is 35.1 Å². The molecule has 0 aromatic heterocycles. The summed E-state index contributed by atoms with van der Waals surface area (Å²) in [4.78, 5) is 0. The van der Waals surface area contributed by atoms with Crippen molar-refractivity contribution in [2.45, 2.75) is 25.2 Å². The zero-order chi connectivity index (χ0) is 14.4. The number of allylic oxidation sites excluding steroid dienone is 2. The Morgan fingerprint density at radius 1 is 0.722 bits per heavy atom. The molecule has 0 N–H and O–H groups in total. The molecule has 0 bridgehead atoms. The molecule has 0 aliphatic heterocycles. The van der Waals surface area contributed by atoms with Gasteiger partial charge >= 0.3 is 12.4 Å². The van der Waals surface area contributed by atoms with Crippen molar-refractivity contribution >= 4 is 21.6 Å². The highest BCUT2D eigenvalue weighted by Crippen LogP contribution is 2.39. The van der Waals surface area contributed by atoms with Crippen LogP contribution in [0.25, 0.3) is 0 Å². The maximum Gasteiger partial charge on any atom is 0.392 e. The predicted octanol–water partition coefficient (Wildman–Crippen LogP) is 5.89. The summed E-state index contributed by atoms with van der Waals surface area (Å²) in [6.45, 7) is 0. The molecule has 0 saturated heterocycles. The van der Waals surface area contributed by atoms with Crippen LogP contribution in [0.15, 0.2) is 22.5 Å². The van der Waals surface area contributed by atoms with Gasteiger partial charge in [0.05, 0.1) is 12.8 Å². The lowest BCUT2D eigenvalue weighted by Gasteiger charge is -2.02. The van der Waals surface area contributed by atoms with Gasteiger partial charge in [-0.1, -0.05) is 0 Å². The van der Waals surface area contributed by atoms with Crippen LogP contribution in [0.1, 0.15) is 12.8 Å². The summed E-state index contributed by atoms with van der Waals surface area (Å²) < 4.78 is 95.1. The molecule has 0 saturated carbocycles. The van der Waals surface area contributed by atoms with Crippen LogP contribution in [0.4, 0.5) is 35.1 Å². The fourth-order valence-electron chi connectivity index (χ4n) is 0.540. The van der Waals surface area contributed by atoms with Crippen LogP contribution in [-0.2, 0) is 0 Å². The largest absolute Gasteiger partial charge is 0.392 e. The van der Waals surface area contributed by atoms with E-state index in [9.17, 15) is 35.1 Å². The highest BCUT2D eigenvalue weighted by atomic mass is 33.1. The number of rotatable bonds is 5. The second kappa shape index (κ2) is 7.27. The fraction of sp³-hybridized carbons (Fsp3) is 0.500. The van der Waals surface area contributed by atoms with E-state index in [1.807, 2.05) is 0 Å². The van der Waals surface area contributed by atoms with E-state index in [0.717, 1.165) is 0 Å². The first-order valence-electron chi connectivity index (χ1n) is 4.19. The zero-order valence-electron chi connectivity index (χ0n) is 8.41. The van der Waals surface area contributed by atoms with Crippen LogP contribution in [0.2, 0.25) is 0 Å². The third-order valence-corrected chi connectivity index (χ3v) is 3.13. The summed E-state index contributed by atoms with van der Waals surface area (Å²) in [6.07, 6.45) is -11.9. The average Bonchev–Trinajstić information content (AvgIpc) is 2.18. The molecule has 0 aliphatic rings. The third kappa shape index (κ3) is 12.1. The Morgan fingerprint density at radius 3 is 1.22 bits per heavy atom. The van der Waals surface area contributed by atoms with E-state index in [1.54, 1.807) is 0 Å². The fourth-order valence-corrected chi connectivity index (χ4v) is 1.89. The number of hydrogen-bond donors (Lipinski definition) is 0. The Balaban J connectivity index is 4.09. The molecule has 0 spiro atoms. The van der Waals surface area contributed by atoms with Crippen molar-refractivity contribution in [3.63, 3.8) is 0 Å². The van der Waals surface area contributed by atoms with Crippen LogP contribution in [-0.4, -0.2) is 12.4 Å². The first-order valence-corrected chi connectivity index (χ1v) is 6.34. The highest BCUT2D eigenvalue weighted by Gasteiger charge is 2.26. The minimum Gasteiger partial charge on any atom is -0.199 e. The molecule has 0 amide bonds. The van der Waals surface area contributed by atoms with E-state index in [0.29, 0.717) is 0 Å². The van der Waals surface area contributed by atoms with Gasteiger partial charge < -0.3 is 0 Å². The van der Waals surface area contributed by atoms with Gasteiger partial charge in [-0.3, -0.25) is 0 Å². The summed E-state index contributed by atoms with van der Waals surface area (Å²) in [5.74, 6) is 0. The average molecular weight is 318 g/mol. The second-order valence-corrected chi connectivity index (χ2v) is 4.94. The van der Waals surface area contributed by atoms with Gasteiger partial charge in [0.15, 0.2) is 10.3 Å². The smallest absolute Gasteiger partial charge is 0.199 e. The first kappa shape index (κ1) is 17.6. The lowest BCUT2D eigenvalue weighted by molar-refractivity contribution is -0.126. The molecule has 0 unspecified atom stereocenters. The van der Waals surface area contributed by atoms with E-state index in [1.165, 1.54) is 0 Å². The summed E-state index contributed by atoms with van der Waals surface area (Å²) in [5, 5.41) is -2.65. The Morgan fingerprint density at radius 2 is 1.00 bits per heavy atom. The molecule has 18 heavy (non-hydrogen) atoms. The minimum absolute atomic E-state index is 0.0238. The first-order chi connectivity index (χ1) is 7.99. The lowest BCUT2D eigenvalue weighted by Crippen LogP contribution is -2.04. The summed E-state index contributed by atoms with van der Waals surface area (Å²) in [5.41, 5.74) is 0. The Hall–Kier alpha value is -0.380. The van der Waals surface area contributed by atoms with Crippen molar-refractivity contribution in [3.05, 3.63) is 22.5 Å². The lowest BCUT2D eigenvalue weighted by atomic mass is 10.4. The summed E-state index contributed by atoms with van der Waals surface area (Å²) in [6, 6.07) is 0. The van der Waals surface area contributed by atoms with Gasteiger partial charge in [0.25, 0.3) is 0 Å². The van der Waals surface area contributed by atoms with Gasteiger partial charge in [0.1, 0.15) is 0 Å². The van der Waals surface area contributed by atoms with Crippen molar-refractivity contribution in [2.75, 3.05) is 0 Å². The highest BCUT2D eigenvalue weighted by molar-refractivity contribution is 8.79. The molecule has 0 atom stereocenters. The van der Waals surface area contributed by atoms with Gasteiger partial charge in [0, 0.05) is 0 Å². The Labute approximate surface area is 105 Å². The molecule has 0 aromatic carbocycles. The summed E-state index contributed by atoms with van der Waals surface area (Å²) >= 11 is 0. The maximum atomic E-state index is 12.7. The molecule has 10 heteroatoms. The standard InChI is InChI=1S/C8H6F8S2/c9-5(1-3-7(11,12)13)17-18-6(10)2-4-8(14,15)16/h1-2H,3-4H2. The molecule has 0 aromatic rings. The van der Waals surface area contributed by atoms with Crippen molar-refractivity contribution in [1.82, 2.24) is 0 Å². The SMILES string of the molecule is FC(=CCC(F)(F)F)SSC(F)=CCC(F)(F)F. The normalized spacial score (nSPS) is 15.1. The van der Waals surface area contributed by atoms with Crippen molar-refractivity contribution in [3.8, 4) is 0 Å². The molecule has 106 valence electrons. The molecular formula is C8H6F8S2. The molecule has 0 heterocycles. The van der Waals surface area contributed by atoms with Gasteiger partial charge in [-0.15, -0.1) is 0 Å². The monoisotopic (exact) mass is 318 g/mol. The van der Waals surface area contributed by atoms with Crippen molar-refractivity contribution in [2.24, 2.45) is 0 Å². The van der Waals surface area contributed by atoms with Gasteiger partial charge in [-0.25, -0.2) is 0 Å². The maximum absolute atomic E-state index is 12.7. The predicted molar refractivity (Wildman–Crippen MR) is 54.9 cm³/mol. The van der Waals surface area contributed by atoms with E-state index in [4.69, 9.17) is 0 Å². The van der Waals surface area contributed by atoms with E-state index >= 15 is 0 Å². The second-order valence-electron chi connectivity index (χ2n) is 2.82. The Kier molecular flexibility index (Phi) is 7.11. The molecule has 0 fully saturated rings. The van der Waals surface area contributed by atoms with Crippen LogP contribution >= 0.6 is 21.6 Å². The quantitative estimate of drug-likeness (QED) is 0.457. The van der Waals surface area contributed by atoms with Crippen LogP contribution in [0, 0.1) is 0 Å². The van der Waals surface area contributed by atoms with E-state index in [-0.39, 0.29) is 33.7 Å². The molecule has 0 rings (SSSR count). The molecular weight excluding hydrogens is 312 g/mol. The number of hydrogen-bond acceptors (Lipinski definition) is 2. The zero-order valence-corrected chi connectivity index (χ0v) is 10.0. The van der Waals surface area contributed by atoms with E-state index < -0.39 is 35.5 Å². The molecule has 0 aliphatic carbocycles. The van der Waals surface area contributed by atoms with Crippen molar-refractivity contribution in [1.29, 1.82) is 0 Å². The van der Waals surface area contributed by atoms with Crippen LogP contribution in [0.3, 0.4) is 0 Å².